The van der Waals surface area contributed by atoms with E-state index in [-0.39, 0.29) is 11.5 Å². The Morgan fingerprint density at radius 2 is 2.21 bits per heavy atom. The van der Waals surface area contributed by atoms with Crippen molar-refractivity contribution >= 4 is 29.1 Å². The van der Waals surface area contributed by atoms with Gasteiger partial charge in [-0.3, -0.25) is 4.79 Å². The molecule has 4 heteroatoms. The van der Waals surface area contributed by atoms with Crippen LogP contribution in [0.1, 0.15) is 22.8 Å². The lowest BCUT2D eigenvalue weighted by atomic mass is 10.1. The largest absolute Gasteiger partial charge is 0.507 e. The van der Waals surface area contributed by atoms with E-state index in [1.165, 1.54) is 13.0 Å². The number of hydrogen-bond donors (Lipinski definition) is 1. The topological polar surface area (TPSA) is 37.3 Å². The Morgan fingerprint density at radius 1 is 1.57 bits per heavy atom. The first kappa shape index (κ1) is 11.4. The van der Waals surface area contributed by atoms with Gasteiger partial charge in [0.15, 0.2) is 5.78 Å². The van der Waals surface area contributed by atoms with Crippen LogP contribution in [0.2, 0.25) is 5.02 Å². The molecule has 0 atom stereocenters. The van der Waals surface area contributed by atoms with Gasteiger partial charge in [-0.15, -0.1) is 0 Å². The number of carbonyl (C=O) groups is 1. The summed E-state index contributed by atoms with van der Waals surface area (Å²) in [4.78, 5) is 11.1. The maximum Gasteiger partial charge on any atom is 0.163 e. The van der Waals surface area contributed by atoms with Crippen LogP contribution in [0.5, 0.6) is 5.75 Å². The van der Waals surface area contributed by atoms with Gasteiger partial charge in [0.05, 0.1) is 5.56 Å². The quantitative estimate of drug-likeness (QED) is 0.811. The molecule has 1 rings (SSSR count). The van der Waals surface area contributed by atoms with Gasteiger partial charge in [0.25, 0.3) is 0 Å². The maximum atomic E-state index is 11.1. The Morgan fingerprint density at radius 3 is 2.71 bits per heavy atom. The van der Waals surface area contributed by atoms with Crippen molar-refractivity contribution in [3.8, 4) is 5.75 Å². The molecule has 0 aliphatic heterocycles. The third kappa shape index (κ3) is 2.42. The molecule has 14 heavy (non-hydrogen) atoms. The summed E-state index contributed by atoms with van der Waals surface area (Å²) in [5, 5.41) is 10.2. The van der Waals surface area contributed by atoms with Crippen molar-refractivity contribution in [3.63, 3.8) is 0 Å². The van der Waals surface area contributed by atoms with E-state index in [0.717, 1.165) is 0 Å². The molecule has 0 bridgehead atoms. The lowest BCUT2D eigenvalue weighted by Crippen LogP contribution is -1.95. The van der Waals surface area contributed by atoms with Crippen molar-refractivity contribution < 1.29 is 9.90 Å². The Labute approximate surface area is 92.3 Å². The highest BCUT2D eigenvalue weighted by Crippen LogP contribution is 2.29. The Balaban J connectivity index is 3.24. The van der Waals surface area contributed by atoms with Crippen molar-refractivity contribution in [1.82, 2.24) is 0 Å². The van der Waals surface area contributed by atoms with Gasteiger partial charge in [-0.25, -0.2) is 0 Å². The number of aromatic hydroxyl groups is 1. The smallest absolute Gasteiger partial charge is 0.163 e. The predicted molar refractivity (Wildman–Crippen MR) is 60.3 cm³/mol. The first-order valence-electron chi connectivity index (χ1n) is 4.07. The molecule has 0 aromatic heterocycles. The number of carbonyl (C=O) groups excluding carboxylic acids is 1. The second-order valence-electron chi connectivity index (χ2n) is 2.95. The fraction of sp³-hybridized carbons (Fsp3) is 0.300. The molecule has 0 fully saturated rings. The molecule has 0 spiro atoms. The second-order valence-corrected chi connectivity index (χ2v) is 4.25. The van der Waals surface area contributed by atoms with Crippen molar-refractivity contribution in [1.29, 1.82) is 0 Å². The zero-order valence-electron chi connectivity index (χ0n) is 8.00. The molecule has 0 saturated carbocycles. The van der Waals surface area contributed by atoms with Crippen molar-refractivity contribution in [2.45, 2.75) is 12.7 Å². The average Bonchev–Trinajstić information content (AvgIpc) is 2.10. The molecular formula is C10H11ClO2S. The molecule has 76 valence electrons. The Kier molecular flexibility index (Phi) is 3.84. The van der Waals surface area contributed by atoms with Gasteiger partial charge in [-0.2, -0.15) is 11.8 Å². The number of Topliss-reactive ketones (excluding diaryl/α,β-unsaturated/α-hetero) is 1. The number of rotatable bonds is 3. The second kappa shape index (κ2) is 4.71. The number of halogens is 1. The van der Waals surface area contributed by atoms with Gasteiger partial charge < -0.3 is 5.11 Å². The van der Waals surface area contributed by atoms with Crippen LogP contribution in [-0.2, 0) is 5.75 Å². The van der Waals surface area contributed by atoms with E-state index in [1.54, 1.807) is 17.8 Å². The fourth-order valence-electron chi connectivity index (χ4n) is 1.19. The van der Waals surface area contributed by atoms with Gasteiger partial charge in [0.1, 0.15) is 5.75 Å². The number of benzene rings is 1. The molecule has 1 N–H and O–H groups in total. The highest BCUT2D eigenvalue weighted by molar-refractivity contribution is 7.97. The molecule has 1 aromatic carbocycles. The predicted octanol–water partition coefficient (Wildman–Crippen LogP) is 3.11. The third-order valence-electron chi connectivity index (χ3n) is 1.83. The van der Waals surface area contributed by atoms with E-state index in [9.17, 15) is 9.90 Å². The van der Waals surface area contributed by atoms with E-state index in [1.807, 2.05) is 6.26 Å². The van der Waals surface area contributed by atoms with Crippen molar-refractivity contribution in [2.24, 2.45) is 0 Å². The third-order valence-corrected chi connectivity index (χ3v) is 2.65. The number of hydrogen-bond acceptors (Lipinski definition) is 3. The van der Waals surface area contributed by atoms with Crippen molar-refractivity contribution in [2.75, 3.05) is 6.26 Å². The number of phenolic OH excluding ortho intramolecular Hbond substituents is 1. The molecular weight excluding hydrogens is 220 g/mol. The molecule has 2 nitrogen and oxygen atoms in total. The van der Waals surface area contributed by atoms with Crippen LogP contribution in [0.15, 0.2) is 12.1 Å². The molecule has 0 aliphatic carbocycles. The summed E-state index contributed by atoms with van der Waals surface area (Å²) in [5.74, 6) is 0.524. The molecule has 0 radical (unpaired) electrons. The first-order valence-corrected chi connectivity index (χ1v) is 5.84. The van der Waals surface area contributed by atoms with Crippen LogP contribution in [0, 0.1) is 0 Å². The number of thioether (sulfide) groups is 1. The molecule has 0 amide bonds. The monoisotopic (exact) mass is 230 g/mol. The lowest BCUT2D eigenvalue weighted by Gasteiger charge is -2.07. The minimum atomic E-state index is -0.174. The Bertz CT molecular complexity index is 363. The molecule has 0 saturated heterocycles. The Hall–Kier alpha value is -0.670. The normalized spacial score (nSPS) is 10.2. The standard InChI is InChI=1S/C10H11ClO2S/c1-6(12)9-4-8(11)3-7(5-14-2)10(9)13/h3-4,13H,5H2,1-2H3. The van der Waals surface area contributed by atoms with Crippen LogP contribution in [0.4, 0.5) is 0 Å². The molecule has 0 unspecified atom stereocenters. The van der Waals surface area contributed by atoms with Crippen LogP contribution in [0.3, 0.4) is 0 Å². The highest BCUT2D eigenvalue weighted by Gasteiger charge is 2.12. The zero-order chi connectivity index (χ0) is 10.7. The summed E-state index contributed by atoms with van der Waals surface area (Å²) >= 11 is 7.40. The highest BCUT2D eigenvalue weighted by atomic mass is 35.5. The molecule has 0 heterocycles. The van der Waals surface area contributed by atoms with Crippen LogP contribution < -0.4 is 0 Å². The maximum absolute atomic E-state index is 11.1. The number of ketones is 1. The van der Waals surface area contributed by atoms with Crippen LogP contribution in [0.25, 0.3) is 0 Å². The SMILES string of the molecule is CSCc1cc(Cl)cc(C(C)=O)c1O. The summed E-state index contributed by atoms with van der Waals surface area (Å²) in [6, 6.07) is 3.17. The van der Waals surface area contributed by atoms with Gasteiger partial charge in [-0.05, 0) is 25.3 Å². The zero-order valence-corrected chi connectivity index (χ0v) is 9.58. The minimum Gasteiger partial charge on any atom is -0.507 e. The first-order chi connectivity index (χ1) is 6.56. The van der Waals surface area contributed by atoms with E-state index in [2.05, 4.69) is 0 Å². The van der Waals surface area contributed by atoms with Gasteiger partial charge in [0.2, 0.25) is 0 Å². The van der Waals surface area contributed by atoms with Gasteiger partial charge >= 0.3 is 0 Å². The average molecular weight is 231 g/mol. The molecule has 0 aliphatic rings. The van der Waals surface area contributed by atoms with Gasteiger partial charge in [-0.1, -0.05) is 11.6 Å². The van der Waals surface area contributed by atoms with E-state index >= 15 is 0 Å². The molecule has 1 aromatic rings. The summed E-state index contributed by atoms with van der Waals surface area (Å²) in [5.41, 5.74) is 0.997. The number of phenols is 1. The lowest BCUT2D eigenvalue weighted by molar-refractivity contribution is 0.101. The van der Waals surface area contributed by atoms with E-state index in [4.69, 9.17) is 11.6 Å². The van der Waals surface area contributed by atoms with E-state index in [0.29, 0.717) is 21.9 Å². The van der Waals surface area contributed by atoms with Crippen molar-refractivity contribution in [3.05, 3.63) is 28.3 Å². The van der Waals surface area contributed by atoms with Gasteiger partial charge in [0, 0.05) is 16.3 Å². The summed E-state index contributed by atoms with van der Waals surface area (Å²) < 4.78 is 0. The van der Waals surface area contributed by atoms with Crippen LogP contribution >= 0.6 is 23.4 Å². The minimum absolute atomic E-state index is 0.0521. The summed E-state index contributed by atoms with van der Waals surface area (Å²) in [6.07, 6.45) is 1.92. The van der Waals surface area contributed by atoms with Crippen LogP contribution in [-0.4, -0.2) is 17.1 Å². The van der Waals surface area contributed by atoms with E-state index < -0.39 is 0 Å². The summed E-state index contributed by atoms with van der Waals surface area (Å²) in [6.45, 7) is 1.41. The summed E-state index contributed by atoms with van der Waals surface area (Å²) in [7, 11) is 0. The fourth-order valence-corrected chi connectivity index (χ4v) is 1.96.